The van der Waals surface area contributed by atoms with Gasteiger partial charge in [0.05, 0.1) is 23.3 Å². The minimum atomic E-state index is 0.336. The fourth-order valence-electron chi connectivity index (χ4n) is 3.43. The van der Waals surface area contributed by atoms with Crippen LogP contribution >= 0.6 is 0 Å². The molecule has 1 fully saturated rings. The third-order valence-electron chi connectivity index (χ3n) is 4.85. The van der Waals surface area contributed by atoms with Crippen molar-refractivity contribution >= 4 is 16.9 Å². The van der Waals surface area contributed by atoms with Gasteiger partial charge in [0, 0.05) is 38.7 Å². The molecule has 3 heterocycles. The molecule has 7 nitrogen and oxygen atoms in total. The van der Waals surface area contributed by atoms with Gasteiger partial charge in [-0.15, -0.1) is 0 Å². The Balaban J connectivity index is 1.45. The van der Waals surface area contributed by atoms with E-state index in [0.29, 0.717) is 18.3 Å². The van der Waals surface area contributed by atoms with E-state index >= 15 is 0 Å². The Kier molecular flexibility index (Phi) is 5.31. The van der Waals surface area contributed by atoms with Crippen LogP contribution in [0.3, 0.4) is 0 Å². The number of nitrogens with one attached hydrogen (secondary N) is 2. The lowest BCUT2D eigenvalue weighted by Gasteiger charge is -2.12. The highest BCUT2D eigenvalue weighted by molar-refractivity contribution is 5.78. The van der Waals surface area contributed by atoms with Gasteiger partial charge in [0.15, 0.2) is 5.82 Å². The Bertz CT molecular complexity index is 918. The minimum Gasteiger partial charge on any atom is -0.381 e. The zero-order valence-corrected chi connectivity index (χ0v) is 15.8. The lowest BCUT2D eigenvalue weighted by atomic mass is 10.0. The fraction of sp³-hybridized carbons (Fsp3) is 0.450. The van der Waals surface area contributed by atoms with E-state index in [1.54, 1.807) is 7.11 Å². The second-order valence-electron chi connectivity index (χ2n) is 6.92. The number of para-hydroxylation sites is 1. The largest absolute Gasteiger partial charge is 0.381 e. The molecule has 27 heavy (non-hydrogen) atoms. The number of rotatable bonds is 7. The highest BCUT2D eigenvalue weighted by Gasteiger charge is 2.20. The number of fused-ring (bicyclic) bond motifs is 1. The van der Waals surface area contributed by atoms with Gasteiger partial charge in [0.1, 0.15) is 18.2 Å². The van der Waals surface area contributed by atoms with Crippen molar-refractivity contribution in [1.82, 2.24) is 19.9 Å². The van der Waals surface area contributed by atoms with Gasteiger partial charge in [-0.3, -0.25) is 0 Å². The van der Waals surface area contributed by atoms with Gasteiger partial charge in [-0.25, -0.2) is 15.0 Å². The number of ether oxygens (including phenoxy) is 2. The maximum atomic E-state index is 5.50. The molecule has 0 amide bonds. The highest BCUT2D eigenvalue weighted by atomic mass is 16.5. The number of aromatic amines is 1. The molecule has 0 radical (unpaired) electrons. The summed E-state index contributed by atoms with van der Waals surface area (Å²) in [7, 11) is 1.66. The molecule has 1 unspecified atom stereocenters. The van der Waals surface area contributed by atoms with E-state index in [9.17, 15) is 0 Å². The van der Waals surface area contributed by atoms with Crippen molar-refractivity contribution in [1.29, 1.82) is 0 Å². The van der Waals surface area contributed by atoms with Crippen LogP contribution in [0.4, 0.5) is 5.82 Å². The molecule has 7 heteroatoms. The molecule has 142 valence electrons. The SMILES string of the molecule is COCc1nc(NCCc2nc3c(C)cccc3[nH]2)cc(C2CCOC2)n1. The molecule has 2 aromatic heterocycles. The lowest BCUT2D eigenvalue weighted by Crippen LogP contribution is -2.12. The number of anilines is 1. The summed E-state index contributed by atoms with van der Waals surface area (Å²) in [5, 5.41) is 3.41. The third-order valence-corrected chi connectivity index (χ3v) is 4.85. The van der Waals surface area contributed by atoms with Gasteiger partial charge in [-0.1, -0.05) is 12.1 Å². The molecule has 1 saturated heterocycles. The topological polar surface area (TPSA) is 85.0 Å². The normalized spacial score (nSPS) is 16.9. The van der Waals surface area contributed by atoms with Crippen LogP contribution < -0.4 is 5.32 Å². The summed E-state index contributed by atoms with van der Waals surface area (Å²) in [4.78, 5) is 17.3. The first-order valence-electron chi connectivity index (χ1n) is 9.35. The van der Waals surface area contributed by atoms with E-state index in [0.717, 1.165) is 61.0 Å². The Morgan fingerprint density at radius 2 is 2.22 bits per heavy atom. The smallest absolute Gasteiger partial charge is 0.156 e. The number of methoxy groups -OCH3 is 1. The van der Waals surface area contributed by atoms with Crippen LogP contribution in [-0.2, 0) is 22.5 Å². The van der Waals surface area contributed by atoms with Gasteiger partial charge in [0.25, 0.3) is 0 Å². The monoisotopic (exact) mass is 367 g/mol. The van der Waals surface area contributed by atoms with E-state index in [1.165, 1.54) is 5.56 Å². The van der Waals surface area contributed by atoms with Crippen LogP contribution in [-0.4, -0.2) is 46.8 Å². The molecule has 1 aliphatic heterocycles. The summed E-state index contributed by atoms with van der Waals surface area (Å²) in [6, 6.07) is 8.22. The number of benzene rings is 1. The summed E-state index contributed by atoms with van der Waals surface area (Å²) in [6.07, 6.45) is 1.79. The number of aryl methyl sites for hydroxylation is 1. The molecule has 4 rings (SSSR count). The van der Waals surface area contributed by atoms with E-state index < -0.39 is 0 Å². The summed E-state index contributed by atoms with van der Waals surface area (Å²) < 4.78 is 10.7. The van der Waals surface area contributed by atoms with Gasteiger partial charge in [0.2, 0.25) is 0 Å². The Hall–Kier alpha value is -2.51. The lowest BCUT2D eigenvalue weighted by molar-refractivity contribution is 0.177. The molecule has 2 N–H and O–H groups in total. The molecule has 3 aromatic rings. The van der Waals surface area contributed by atoms with Crippen molar-refractivity contribution < 1.29 is 9.47 Å². The molecule has 0 bridgehead atoms. The number of hydrogen-bond donors (Lipinski definition) is 2. The minimum absolute atomic E-state index is 0.336. The van der Waals surface area contributed by atoms with Crippen molar-refractivity contribution in [2.45, 2.75) is 32.3 Å². The third kappa shape index (κ3) is 4.09. The number of H-pyrrole nitrogens is 1. The van der Waals surface area contributed by atoms with E-state index in [-0.39, 0.29) is 0 Å². The standard InChI is InChI=1S/C20H25N5O2/c1-13-4-3-5-15-20(13)25-17(22-15)6-8-21-18-10-16(14-7-9-27-11-14)23-19(24-18)12-26-2/h3-5,10,14H,6-9,11-12H2,1-2H3,(H,22,25)(H,21,23,24). The first kappa shape index (κ1) is 17.9. The van der Waals surface area contributed by atoms with Gasteiger partial charge >= 0.3 is 0 Å². The van der Waals surface area contributed by atoms with Crippen molar-refractivity contribution in [2.24, 2.45) is 0 Å². The predicted octanol–water partition coefficient (Wildman–Crippen LogP) is 2.97. The van der Waals surface area contributed by atoms with Crippen LogP contribution in [0.1, 0.15) is 35.2 Å². The van der Waals surface area contributed by atoms with Gasteiger partial charge < -0.3 is 19.8 Å². The van der Waals surface area contributed by atoms with Crippen molar-refractivity contribution in [2.75, 3.05) is 32.2 Å². The van der Waals surface area contributed by atoms with Crippen molar-refractivity contribution in [3.8, 4) is 0 Å². The van der Waals surface area contributed by atoms with Crippen LogP contribution in [0.15, 0.2) is 24.3 Å². The summed E-state index contributed by atoms with van der Waals surface area (Å²) >= 11 is 0. The molecule has 0 saturated carbocycles. The Labute approximate surface area is 158 Å². The van der Waals surface area contributed by atoms with Crippen LogP contribution in [0.2, 0.25) is 0 Å². The molecular weight excluding hydrogens is 342 g/mol. The molecule has 0 spiro atoms. The second-order valence-corrected chi connectivity index (χ2v) is 6.92. The van der Waals surface area contributed by atoms with Gasteiger partial charge in [-0.2, -0.15) is 0 Å². The number of aromatic nitrogens is 4. The average molecular weight is 367 g/mol. The highest BCUT2D eigenvalue weighted by Crippen LogP contribution is 2.25. The maximum absolute atomic E-state index is 5.50. The Morgan fingerprint density at radius 3 is 3.00 bits per heavy atom. The average Bonchev–Trinajstić information content (AvgIpc) is 3.32. The zero-order chi connectivity index (χ0) is 18.6. The van der Waals surface area contributed by atoms with Gasteiger partial charge in [-0.05, 0) is 25.0 Å². The number of hydrogen-bond acceptors (Lipinski definition) is 6. The summed E-state index contributed by atoms with van der Waals surface area (Å²) in [5.41, 5.74) is 4.33. The first-order chi connectivity index (χ1) is 13.2. The number of nitrogens with zero attached hydrogens (tertiary/aromatic N) is 3. The molecule has 0 aliphatic carbocycles. The van der Waals surface area contributed by atoms with E-state index in [1.807, 2.05) is 12.1 Å². The second kappa shape index (κ2) is 8.02. The maximum Gasteiger partial charge on any atom is 0.156 e. The molecular formula is C20H25N5O2. The van der Waals surface area contributed by atoms with E-state index in [4.69, 9.17) is 14.5 Å². The van der Waals surface area contributed by atoms with Crippen LogP contribution in [0, 0.1) is 6.92 Å². The van der Waals surface area contributed by atoms with Crippen molar-refractivity contribution in [3.05, 3.63) is 47.2 Å². The summed E-state index contributed by atoms with van der Waals surface area (Å²) in [6.45, 7) is 4.74. The predicted molar refractivity (Wildman–Crippen MR) is 104 cm³/mol. The van der Waals surface area contributed by atoms with Crippen LogP contribution in [0.25, 0.3) is 11.0 Å². The quantitative estimate of drug-likeness (QED) is 0.668. The Morgan fingerprint density at radius 1 is 1.30 bits per heavy atom. The first-order valence-corrected chi connectivity index (χ1v) is 9.35. The summed E-state index contributed by atoms with van der Waals surface area (Å²) in [5.74, 6) is 2.83. The zero-order valence-electron chi connectivity index (χ0n) is 15.8. The molecule has 1 aromatic carbocycles. The van der Waals surface area contributed by atoms with E-state index in [2.05, 4.69) is 39.3 Å². The van der Waals surface area contributed by atoms with Crippen LogP contribution in [0.5, 0.6) is 0 Å². The fourth-order valence-corrected chi connectivity index (χ4v) is 3.43. The molecule has 1 aliphatic rings. The number of imidazole rings is 1. The van der Waals surface area contributed by atoms with Crippen molar-refractivity contribution in [3.63, 3.8) is 0 Å². The molecule has 1 atom stereocenters.